The molecule has 3 fully saturated rings. The van der Waals surface area contributed by atoms with Crippen molar-refractivity contribution in [2.24, 2.45) is 41.4 Å². The molecular formula is C18H24O5. The van der Waals surface area contributed by atoms with Crippen LogP contribution >= 0.6 is 0 Å². The van der Waals surface area contributed by atoms with E-state index in [9.17, 15) is 14.7 Å². The van der Waals surface area contributed by atoms with Crippen molar-refractivity contribution in [1.82, 2.24) is 0 Å². The molecule has 4 aliphatic rings. The number of carboxylic acids is 1. The molecule has 0 spiro atoms. The first-order chi connectivity index (χ1) is 11.1. The first-order valence-corrected chi connectivity index (χ1v) is 8.79. The molecule has 3 saturated carbocycles. The minimum absolute atomic E-state index is 0.0131. The van der Waals surface area contributed by atoms with Gasteiger partial charge < -0.3 is 14.6 Å². The molecule has 4 rings (SSSR count). The van der Waals surface area contributed by atoms with Crippen LogP contribution in [0.3, 0.4) is 0 Å². The minimum Gasteiger partial charge on any atom is -0.481 e. The second kappa shape index (κ2) is 5.93. The summed E-state index contributed by atoms with van der Waals surface area (Å²) in [6.45, 7) is 0.615. The molecule has 126 valence electrons. The summed E-state index contributed by atoms with van der Waals surface area (Å²) in [7, 11) is 0. The maximum atomic E-state index is 12.3. The van der Waals surface area contributed by atoms with E-state index in [0.29, 0.717) is 12.5 Å². The summed E-state index contributed by atoms with van der Waals surface area (Å²) < 4.78 is 10.8. The van der Waals surface area contributed by atoms with Gasteiger partial charge >= 0.3 is 11.9 Å². The van der Waals surface area contributed by atoms with Gasteiger partial charge in [0.25, 0.3) is 0 Å². The lowest BCUT2D eigenvalue weighted by Gasteiger charge is -2.24. The van der Waals surface area contributed by atoms with E-state index in [1.165, 1.54) is 25.7 Å². The SMILES string of the molecule is O=C(O)C1C2C=CC(C2)C1C(=O)OCOCC1CC2CCC1C2. The Bertz CT molecular complexity index is 528. The van der Waals surface area contributed by atoms with Crippen molar-refractivity contribution in [2.75, 3.05) is 13.4 Å². The van der Waals surface area contributed by atoms with Gasteiger partial charge in [-0.15, -0.1) is 0 Å². The summed E-state index contributed by atoms with van der Waals surface area (Å²) in [4.78, 5) is 23.7. The maximum absolute atomic E-state index is 12.3. The Hall–Kier alpha value is -1.36. The lowest BCUT2D eigenvalue weighted by molar-refractivity contribution is -0.169. The van der Waals surface area contributed by atoms with Crippen LogP contribution < -0.4 is 0 Å². The molecular weight excluding hydrogens is 296 g/mol. The number of allylic oxidation sites excluding steroid dienone is 2. The highest BCUT2D eigenvalue weighted by Crippen LogP contribution is 2.49. The van der Waals surface area contributed by atoms with Gasteiger partial charge in [-0.05, 0) is 55.3 Å². The Kier molecular flexibility index (Phi) is 3.92. The van der Waals surface area contributed by atoms with E-state index in [1.807, 2.05) is 12.2 Å². The minimum atomic E-state index is -0.897. The largest absolute Gasteiger partial charge is 0.481 e. The van der Waals surface area contributed by atoms with E-state index in [-0.39, 0.29) is 18.6 Å². The van der Waals surface area contributed by atoms with Gasteiger partial charge in [0.1, 0.15) is 0 Å². The molecule has 0 amide bonds. The van der Waals surface area contributed by atoms with Gasteiger partial charge in [0.2, 0.25) is 0 Å². The van der Waals surface area contributed by atoms with Gasteiger partial charge in [0.05, 0.1) is 18.4 Å². The van der Waals surface area contributed by atoms with Gasteiger partial charge in [-0.25, -0.2) is 0 Å². The van der Waals surface area contributed by atoms with Crippen molar-refractivity contribution in [3.63, 3.8) is 0 Å². The van der Waals surface area contributed by atoms with Crippen molar-refractivity contribution in [2.45, 2.75) is 32.1 Å². The Morgan fingerprint density at radius 2 is 1.83 bits per heavy atom. The third kappa shape index (κ3) is 2.69. The van der Waals surface area contributed by atoms with E-state index >= 15 is 0 Å². The fourth-order valence-corrected chi connectivity index (χ4v) is 5.46. The van der Waals surface area contributed by atoms with Crippen molar-refractivity contribution in [3.05, 3.63) is 12.2 Å². The van der Waals surface area contributed by atoms with Crippen LogP contribution in [0.5, 0.6) is 0 Å². The first-order valence-electron chi connectivity index (χ1n) is 8.79. The maximum Gasteiger partial charge on any atom is 0.312 e. The highest BCUT2D eigenvalue weighted by molar-refractivity contribution is 5.83. The first kappa shape index (κ1) is 15.2. The average Bonchev–Trinajstić information content (AvgIpc) is 3.29. The normalized spacial score (nSPS) is 43.2. The molecule has 5 nitrogen and oxygen atoms in total. The summed E-state index contributed by atoms with van der Waals surface area (Å²) in [6.07, 6.45) is 9.91. The van der Waals surface area contributed by atoms with E-state index < -0.39 is 23.8 Å². The zero-order valence-electron chi connectivity index (χ0n) is 13.2. The Morgan fingerprint density at radius 1 is 1.04 bits per heavy atom. The Balaban J connectivity index is 1.24. The molecule has 5 heteroatoms. The van der Waals surface area contributed by atoms with E-state index in [0.717, 1.165) is 18.3 Å². The Labute approximate surface area is 136 Å². The predicted octanol–water partition coefficient (Wildman–Crippen LogP) is 2.46. The second-order valence-electron chi connectivity index (χ2n) is 7.73. The molecule has 1 N–H and O–H groups in total. The molecule has 4 aliphatic carbocycles. The van der Waals surface area contributed by atoms with Crippen LogP contribution in [0.1, 0.15) is 32.1 Å². The third-order valence-electron chi connectivity index (χ3n) is 6.52. The van der Waals surface area contributed by atoms with Crippen molar-refractivity contribution >= 4 is 11.9 Å². The topological polar surface area (TPSA) is 72.8 Å². The van der Waals surface area contributed by atoms with Crippen LogP contribution in [-0.2, 0) is 19.1 Å². The number of carbonyl (C=O) groups is 2. The van der Waals surface area contributed by atoms with E-state index in [4.69, 9.17) is 9.47 Å². The number of carboxylic acid groups (broad SMARTS) is 1. The summed E-state index contributed by atoms with van der Waals surface area (Å²) >= 11 is 0. The molecule has 7 unspecified atom stereocenters. The van der Waals surface area contributed by atoms with Crippen LogP contribution in [0.15, 0.2) is 12.2 Å². The highest BCUT2D eigenvalue weighted by Gasteiger charge is 2.52. The molecule has 0 aliphatic heterocycles. The fraction of sp³-hybridized carbons (Fsp3) is 0.778. The van der Waals surface area contributed by atoms with Crippen LogP contribution in [0.2, 0.25) is 0 Å². The van der Waals surface area contributed by atoms with Crippen molar-refractivity contribution < 1.29 is 24.2 Å². The summed E-state index contributed by atoms with van der Waals surface area (Å²) in [5.74, 6) is -0.213. The molecule has 4 bridgehead atoms. The standard InChI is InChI=1S/C18H24O5/c19-17(20)15-12-3-4-13(7-12)16(15)18(21)23-9-22-8-14-6-10-1-2-11(14)5-10/h3-4,10-16H,1-2,5-9H2,(H,19,20). The number of hydrogen-bond acceptors (Lipinski definition) is 4. The molecule has 23 heavy (non-hydrogen) atoms. The summed E-state index contributed by atoms with van der Waals surface area (Å²) in [5, 5.41) is 9.36. The van der Waals surface area contributed by atoms with E-state index in [1.54, 1.807) is 0 Å². The molecule has 0 radical (unpaired) electrons. The number of hydrogen-bond donors (Lipinski definition) is 1. The molecule has 7 atom stereocenters. The van der Waals surface area contributed by atoms with Gasteiger partial charge in [0.15, 0.2) is 6.79 Å². The number of aliphatic carboxylic acids is 1. The van der Waals surface area contributed by atoms with Crippen molar-refractivity contribution in [3.8, 4) is 0 Å². The molecule has 0 saturated heterocycles. The predicted molar refractivity (Wildman–Crippen MR) is 81.2 cm³/mol. The van der Waals surface area contributed by atoms with Gasteiger partial charge in [-0.2, -0.15) is 0 Å². The monoisotopic (exact) mass is 320 g/mol. The number of ether oxygens (including phenoxy) is 2. The van der Waals surface area contributed by atoms with Crippen LogP contribution in [-0.4, -0.2) is 30.4 Å². The highest BCUT2D eigenvalue weighted by atomic mass is 16.7. The molecule has 0 heterocycles. The number of rotatable bonds is 6. The van der Waals surface area contributed by atoms with E-state index in [2.05, 4.69) is 0 Å². The Morgan fingerprint density at radius 3 is 2.48 bits per heavy atom. The lowest BCUT2D eigenvalue weighted by Crippen LogP contribution is -2.34. The fourth-order valence-electron chi connectivity index (χ4n) is 5.46. The zero-order valence-corrected chi connectivity index (χ0v) is 13.2. The molecule has 0 aromatic heterocycles. The smallest absolute Gasteiger partial charge is 0.312 e. The number of fused-ring (bicyclic) bond motifs is 4. The number of carbonyl (C=O) groups excluding carboxylic acids is 1. The second-order valence-corrected chi connectivity index (χ2v) is 7.73. The zero-order chi connectivity index (χ0) is 16.0. The van der Waals surface area contributed by atoms with Gasteiger partial charge in [-0.3, -0.25) is 9.59 Å². The van der Waals surface area contributed by atoms with Gasteiger partial charge in [-0.1, -0.05) is 18.6 Å². The van der Waals surface area contributed by atoms with Crippen LogP contribution in [0.4, 0.5) is 0 Å². The average molecular weight is 320 g/mol. The summed E-state index contributed by atoms with van der Waals surface area (Å²) in [6, 6.07) is 0. The quantitative estimate of drug-likeness (QED) is 0.352. The van der Waals surface area contributed by atoms with Crippen LogP contribution in [0.25, 0.3) is 0 Å². The summed E-state index contributed by atoms with van der Waals surface area (Å²) in [5.41, 5.74) is 0. The number of esters is 1. The molecule has 0 aromatic rings. The van der Waals surface area contributed by atoms with Gasteiger partial charge in [0, 0.05) is 0 Å². The lowest BCUT2D eigenvalue weighted by atomic mass is 9.83. The van der Waals surface area contributed by atoms with Crippen molar-refractivity contribution in [1.29, 1.82) is 0 Å². The van der Waals surface area contributed by atoms with Crippen LogP contribution in [0, 0.1) is 41.4 Å². The molecule has 0 aromatic carbocycles. The third-order valence-corrected chi connectivity index (χ3v) is 6.52.